The van der Waals surface area contributed by atoms with Crippen LogP contribution in [0.25, 0.3) is 0 Å². The molecule has 0 fully saturated rings. The zero-order chi connectivity index (χ0) is 15.2. The Labute approximate surface area is 128 Å². The Hall–Kier alpha value is -1.35. The number of allylic oxidation sites excluding steroid dienone is 2. The Morgan fingerprint density at radius 2 is 2.10 bits per heavy atom. The molecule has 2 rings (SSSR count). The van der Waals surface area contributed by atoms with E-state index in [-0.39, 0.29) is 0 Å². The summed E-state index contributed by atoms with van der Waals surface area (Å²) >= 11 is 0. The Morgan fingerprint density at radius 3 is 2.81 bits per heavy atom. The molecule has 1 N–H and O–H groups in total. The second-order valence-electron chi connectivity index (χ2n) is 6.46. The number of pyridine rings is 1. The predicted molar refractivity (Wildman–Crippen MR) is 87.5 cm³/mol. The van der Waals surface area contributed by atoms with E-state index in [1.807, 2.05) is 13.1 Å². The van der Waals surface area contributed by atoms with Crippen LogP contribution in [0.4, 0.5) is 0 Å². The van der Waals surface area contributed by atoms with Gasteiger partial charge in [-0.2, -0.15) is 0 Å². The summed E-state index contributed by atoms with van der Waals surface area (Å²) in [6.45, 7) is 10.2. The first-order chi connectivity index (χ1) is 10.1. The maximum Gasteiger partial charge on any atom is 0.127 e. The fraction of sp³-hybridized carbons (Fsp3) is 0.611. The molecule has 0 saturated heterocycles. The van der Waals surface area contributed by atoms with Crippen molar-refractivity contribution in [2.24, 2.45) is 11.8 Å². The average molecular weight is 288 g/mol. The molecule has 0 amide bonds. The first-order valence-electron chi connectivity index (χ1n) is 8.03. The van der Waals surface area contributed by atoms with Crippen molar-refractivity contribution in [2.75, 3.05) is 6.61 Å². The second kappa shape index (κ2) is 7.60. The summed E-state index contributed by atoms with van der Waals surface area (Å²) in [5, 5.41) is 3.44. The maximum atomic E-state index is 6.15. The first-order valence-corrected chi connectivity index (χ1v) is 8.03. The topological polar surface area (TPSA) is 34.1 Å². The molecule has 0 spiro atoms. The van der Waals surface area contributed by atoms with Gasteiger partial charge in [0.15, 0.2) is 0 Å². The molecule has 2 atom stereocenters. The molecule has 2 unspecified atom stereocenters. The zero-order valence-electron chi connectivity index (χ0n) is 13.7. The van der Waals surface area contributed by atoms with Crippen molar-refractivity contribution in [1.29, 1.82) is 0 Å². The summed E-state index contributed by atoms with van der Waals surface area (Å²) in [5.74, 6) is 2.31. The Kier molecular flexibility index (Phi) is 5.80. The normalized spacial score (nSPS) is 21.8. The molecule has 0 saturated carbocycles. The number of aryl methyl sites for hydroxylation is 1. The largest absolute Gasteiger partial charge is 0.493 e. The van der Waals surface area contributed by atoms with E-state index in [4.69, 9.17) is 4.74 Å². The molecule has 1 aliphatic rings. The highest BCUT2D eigenvalue weighted by atomic mass is 16.5. The number of hydrogen-bond donors (Lipinski definition) is 1. The van der Waals surface area contributed by atoms with Crippen LogP contribution in [0, 0.1) is 18.8 Å². The molecule has 1 aliphatic carbocycles. The minimum absolute atomic E-state index is 0.461. The lowest BCUT2D eigenvalue weighted by atomic mass is 9.85. The fourth-order valence-corrected chi connectivity index (χ4v) is 2.58. The number of nitrogens with one attached hydrogen (secondary N) is 1. The van der Waals surface area contributed by atoms with Gasteiger partial charge >= 0.3 is 0 Å². The van der Waals surface area contributed by atoms with Gasteiger partial charge in [-0.3, -0.25) is 4.98 Å². The molecule has 0 aromatic carbocycles. The van der Waals surface area contributed by atoms with Crippen LogP contribution in [0.3, 0.4) is 0 Å². The van der Waals surface area contributed by atoms with Gasteiger partial charge < -0.3 is 10.1 Å². The Balaban J connectivity index is 2.00. The monoisotopic (exact) mass is 288 g/mol. The summed E-state index contributed by atoms with van der Waals surface area (Å²) in [7, 11) is 0. The highest BCUT2D eigenvalue weighted by Gasteiger charge is 2.19. The van der Waals surface area contributed by atoms with E-state index in [9.17, 15) is 0 Å². The molecule has 21 heavy (non-hydrogen) atoms. The van der Waals surface area contributed by atoms with Gasteiger partial charge in [0.25, 0.3) is 0 Å². The highest BCUT2D eigenvalue weighted by molar-refractivity contribution is 5.32. The van der Waals surface area contributed by atoms with Crippen molar-refractivity contribution < 1.29 is 4.74 Å². The quantitative estimate of drug-likeness (QED) is 0.807. The Morgan fingerprint density at radius 1 is 1.33 bits per heavy atom. The van der Waals surface area contributed by atoms with Crippen LogP contribution in [0.5, 0.6) is 5.75 Å². The molecule has 0 bridgehead atoms. The molecule has 0 radical (unpaired) electrons. The molecule has 1 aromatic rings. The van der Waals surface area contributed by atoms with Crippen molar-refractivity contribution >= 4 is 0 Å². The summed E-state index contributed by atoms with van der Waals surface area (Å²) in [5.41, 5.74) is 2.16. The fourth-order valence-electron chi connectivity index (χ4n) is 2.58. The maximum absolute atomic E-state index is 6.15. The summed E-state index contributed by atoms with van der Waals surface area (Å²) in [4.78, 5) is 4.40. The first kappa shape index (κ1) is 16.0. The lowest BCUT2D eigenvalue weighted by molar-refractivity contribution is 0.196. The summed E-state index contributed by atoms with van der Waals surface area (Å²) in [6, 6.07) is 2.52. The van der Waals surface area contributed by atoms with E-state index in [0.717, 1.165) is 36.6 Å². The molecule has 1 aromatic heterocycles. The SMILES string of the molecule is Cc1cc(OCC2CC=CCC2C)c(CNC(C)C)cn1. The molecule has 3 nitrogen and oxygen atoms in total. The number of nitrogens with zero attached hydrogens (tertiary/aromatic N) is 1. The predicted octanol–water partition coefficient (Wildman–Crippen LogP) is 3.87. The third-order valence-corrected chi connectivity index (χ3v) is 4.15. The molecule has 0 aliphatic heterocycles. The number of rotatable bonds is 6. The van der Waals surface area contributed by atoms with Crippen LogP contribution in [0.1, 0.15) is 44.9 Å². The van der Waals surface area contributed by atoms with Crippen molar-refractivity contribution in [3.63, 3.8) is 0 Å². The van der Waals surface area contributed by atoms with Crippen LogP contribution < -0.4 is 10.1 Å². The van der Waals surface area contributed by atoms with Crippen molar-refractivity contribution in [2.45, 2.75) is 53.1 Å². The van der Waals surface area contributed by atoms with Crippen molar-refractivity contribution in [1.82, 2.24) is 10.3 Å². The van der Waals surface area contributed by atoms with Crippen LogP contribution in [0.15, 0.2) is 24.4 Å². The van der Waals surface area contributed by atoms with Crippen molar-refractivity contribution in [3.8, 4) is 5.75 Å². The van der Waals surface area contributed by atoms with Gasteiger partial charge in [0.2, 0.25) is 0 Å². The lowest BCUT2D eigenvalue weighted by Crippen LogP contribution is -2.24. The van der Waals surface area contributed by atoms with Gasteiger partial charge in [-0.15, -0.1) is 0 Å². The van der Waals surface area contributed by atoms with Gasteiger partial charge in [-0.1, -0.05) is 32.9 Å². The molecule has 116 valence electrons. The van der Waals surface area contributed by atoms with Crippen LogP contribution in [-0.4, -0.2) is 17.6 Å². The van der Waals surface area contributed by atoms with Gasteiger partial charge in [0.1, 0.15) is 5.75 Å². The van der Waals surface area contributed by atoms with Gasteiger partial charge in [-0.25, -0.2) is 0 Å². The summed E-state index contributed by atoms with van der Waals surface area (Å²) < 4.78 is 6.15. The van der Waals surface area contributed by atoms with Crippen LogP contribution in [0.2, 0.25) is 0 Å². The average Bonchev–Trinajstić information content (AvgIpc) is 2.45. The standard InChI is InChI=1S/C18H28N2O/c1-13(2)19-10-17-11-20-15(4)9-18(17)21-12-16-8-6-5-7-14(16)3/h5-6,9,11,13-14,16,19H,7-8,10,12H2,1-4H3. The third-order valence-electron chi connectivity index (χ3n) is 4.15. The van der Waals surface area contributed by atoms with Crippen LogP contribution >= 0.6 is 0 Å². The van der Waals surface area contributed by atoms with E-state index in [1.165, 1.54) is 6.42 Å². The molecule has 3 heteroatoms. The Bertz CT molecular complexity index is 482. The van der Waals surface area contributed by atoms with E-state index < -0.39 is 0 Å². The summed E-state index contributed by atoms with van der Waals surface area (Å²) in [6.07, 6.45) is 8.81. The third kappa shape index (κ3) is 4.85. The smallest absolute Gasteiger partial charge is 0.127 e. The van der Waals surface area contributed by atoms with E-state index in [1.54, 1.807) is 0 Å². The zero-order valence-corrected chi connectivity index (χ0v) is 13.7. The van der Waals surface area contributed by atoms with Gasteiger partial charge in [0, 0.05) is 36.1 Å². The minimum atomic E-state index is 0.461. The molecule has 1 heterocycles. The van der Waals surface area contributed by atoms with E-state index in [2.05, 4.69) is 49.3 Å². The lowest BCUT2D eigenvalue weighted by Gasteiger charge is -2.25. The van der Waals surface area contributed by atoms with Gasteiger partial charge in [0.05, 0.1) is 6.61 Å². The van der Waals surface area contributed by atoms with E-state index in [0.29, 0.717) is 17.9 Å². The highest BCUT2D eigenvalue weighted by Crippen LogP contribution is 2.27. The number of hydrogen-bond acceptors (Lipinski definition) is 3. The minimum Gasteiger partial charge on any atom is -0.493 e. The van der Waals surface area contributed by atoms with E-state index >= 15 is 0 Å². The second-order valence-corrected chi connectivity index (χ2v) is 6.46. The van der Waals surface area contributed by atoms with Crippen LogP contribution in [-0.2, 0) is 6.54 Å². The number of ether oxygens (including phenoxy) is 1. The molecular weight excluding hydrogens is 260 g/mol. The van der Waals surface area contributed by atoms with Crippen molar-refractivity contribution in [3.05, 3.63) is 35.7 Å². The number of aromatic nitrogens is 1. The molecular formula is C18H28N2O. The van der Waals surface area contributed by atoms with Gasteiger partial charge in [-0.05, 0) is 31.6 Å².